The van der Waals surface area contributed by atoms with E-state index in [2.05, 4.69) is 5.43 Å². The summed E-state index contributed by atoms with van der Waals surface area (Å²) in [6.45, 7) is 2.04. The SMILES string of the molecule is COC(C)CCC(NN)c1ccccc1Cl. The second kappa shape index (κ2) is 6.86. The zero-order valence-corrected chi connectivity index (χ0v) is 10.5. The van der Waals surface area contributed by atoms with E-state index in [0.717, 1.165) is 23.4 Å². The van der Waals surface area contributed by atoms with E-state index in [1.54, 1.807) is 7.11 Å². The minimum Gasteiger partial charge on any atom is -0.382 e. The molecule has 2 atom stereocenters. The lowest BCUT2D eigenvalue weighted by Crippen LogP contribution is -2.29. The van der Waals surface area contributed by atoms with Crippen LogP contribution in [0.2, 0.25) is 5.02 Å². The van der Waals surface area contributed by atoms with Crippen molar-refractivity contribution in [2.75, 3.05) is 7.11 Å². The topological polar surface area (TPSA) is 47.3 Å². The highest BCUT2D eigenvalue weighted by atomic mass is 35.5. The molecule has 0 spiro atoms. The van der Waals surface area contributed by atoms with Crippen LogP contribution >= 0.6 is 11.6 Å². The molecule has 0 saturated heterocycles. The van der Waals surface area contributed by atoms with Crippen LogP contribution in [0.1, 0.15) is 31.4 Å². The molecule has 0 radical (unpaired) electrons. The molecule has 90 valence electrons. The first-order valence-electron chi connectivity index (χ1n) is 5.42. The van der Waals surface area contributed by atoms with Crippen LogP contribution in [0, 0.1) is 0 Å². The molecule has 1 aromatic rings. The van der Waals surface area contributed by atoms with Gasteiger partial charge in [0, 0.05) is 18.2 Å². The van der Waals surface area contributed by atoms with Crippen LogP contribution in [0.3, 0.4) is 0 Å². The van der Waals surface area contributed by atoms with Gasteiger partial charge in [-0.25, -0.2) is 0 Å². The number of benzene rings is 1. The van der Waals surface area contributed by atoms with Crippen molar-refractivity contribution in [2.24, 2.45) is 5.84 Å². The Kier molecular flexibility index (Phi) is 5.77. The average Bonchev–Trinajstić information content (AvgIpc) is 2.31. The van der Waals surface area contributed by atoms with Crippen molar-refractivity contribution in [3.05, 3.63) is 34.9 Å². The Morgan fingerprint density at radius 2 is 2.06 bits per heavy atom. The molecular formula is C12H19ClN2O. The molecule has 1 aromatic carbocycles. The van der Waals surface area contributed by atoms with Gasteiger partial charge in [0.25, 0.3) is 0 Å². The standard InChI is InChI=1S/C12H19ClN2O/c1-9(16-2)7-8-12(15-14)10-5-3-4-6-11(10)13/h3-6,9,12,15H,7-8,14H2,1-2H3. The molecule has 4 heteroatoms. The van der Waals surface area contributed by atoms with Crippen LogP contribution in [0.4, 0.5) is 0 Å². The highest BCUT2D eigenvalue weighted by Gasteiger charge is 2.13. The molecule has 0 aromatic heterocycles. The average molecular weight is 243 g/mol. The van der Waals surface area contributed by atoms with Crippen molar-refractivity contribution >= 4 is 11.6 Å². The first kappa shape index (κ1) is 13.5. The summed E-state index contributed by atoms with van der Waals surface area (Å²) >= 11 is 6.12. The van der Waals surface area contributed by atoms with E-state index in [-0.39, 0.29) is 12.1 Å². The molecule has 0 saturated carbocycles. The van der Waals surface area contributed by atoms with Gasteiger partial charge in [-0.15, -0.1) is 0 Å². The van der Waals surface area contributed by atoms with Crippen molar-refractivity contribution < 1.29 is 4.74 Å². The molecule has 2 unspecified atom stereocenters. The highest BCUT2D eigenvalue weighted by Crippen LogP contribution is 2.25. The van der Waals surface area contributed by atoms with E-state index < -0.39 is 0 Å². The number of rotatable bonds is 6. The Morgan fingerprint density at radius 3 is 2.62 bits per heavy atom. The predicted octanol–water partition coefficient (Wildman–Crippen LogP) is 2.66. The lowest BCUT2D eigenvalue weighted by atomic mass is 10.0. The van der Waals surface area contributed by atoms with Gasteiger partial charge in [0.1, 0.15) is 0 Å². The molecule has 0 heterocycles. The minimum atomic E-state index is 0.0753. The Bertz CT molecular complexity index is 320. The van der Waals surface area contributed by atoms with Gasteiger partial charge in [-0.2, -0.15) is 0 Å². The molecule has 1 rings (SSSR count). The third kappa shape index (κ3) is 3.76. The van der Waals surface area contributed by atoms with Crippen molar-refractivity contribution in [3.8, 4) is 0 Å². The highest BCUT2D eigenvalue weighted by molar-refractivity contribution is 6.31. The molecule has 3 N–H and O–H groups in total. The number of hydrogen-bond acceptors (Lipinski definition) is 3. The van der Waals surface area contributed by atoms with E-state index in [4.69, 9.17) is 22.2 Å². The van der Waals surface area contributed by atoms with Crippen molar-refractivity contribution in [3.63, 3.8) is 0 Å². The molecule has 0 aliphatic heterocycles. The lowest BCUT2D eigenvalue weighted by molar-refractivity contribution is 0.106. The quantitative estimate of drug-likeness (QED) is 0.596. The molecule has 0 aliphatic carbocycles. The zero-order chi connectivity index (χ0) is 12.0. The third-order valence-electron chi connectivity index (χ3n) is 2.75. The molecule has 0 bridgehead atoms. The number of ether oxygens (including phenoxy) is 1. The molecule has 3 nitrogen and oxygen atoms in total. The maximum atomic E-state index is 6.12. The Labute approximate surface area is 102 Å². The smallest absolute Gasteiger partial charge is 0.0543 e. The molecule has 0 fully saturated rings. The van der Waals surface area contributed by atoms with Crippen LogP contribution in [0.25, 0.3) is 0 Å². The summed E-state index contributed by atoms with van der Waals surface area (Å²) in [6.07, 6.45) is 2.07. The van der Waals surface area contributed by atoms with Gasteiger partial charge in [-0.3, -0.25) is 11.3 Å². The van der Waals surface area contributed by atoms with Crippen LogP contribution in [-0.4, -0.2) is 13.2 Å². The number of halogens is 1. The number of hydrogen-bond donors (Lipinski definition) is 2. The van der Waals surface area contributed by atoms with Gasteiger partial charge in [-0.1, -0.05) is 29.8 Å². The normalized spacial score (nSPS) is 14.8. The fourth-order valence-electron chi connectivity index (χ4n) is 1.61. The summed E-state index contributed by atoms with van der Waals surface area (Å²) < 4.78 is 5.21. The minimum absolute atomic E-state index is 0.0753. The first-order valence-corrected chi connectivity index (χ1v) is 5.80. The second-order valence-corrected chi connectivity index (χ2v) is 4.27. The van der Waals surface area contributed by atoms with Crippen LogP contribution in [0.5, 0.6) is 0 Å². The number of methoxy groups -OCH3 is 1. The van der Waals surface area contributed by atoms with Crippen LogP contribution in [-0.2, 0) is 4.74 Å². The van der Waals surface area contributed by atoms with E-state index in [9.17, 15) is 0 Å². The number of nitrogens with one attached hydrogen (secondary N) is 1. The largest absolute Gasteiger partial charge is 0.382 e. The van der Waals surface area contributed by atoms with Gasteiger partial charge >= 0.3 is 0 Å². The third-order valence-corrected chi connectivity index (χ3v) is 3.09. The monoisotopic (exact) mass is 242 g/mol. The fourth-order valence-corrected chi connectivity index (χ4v) is 1.87. The lowest BCUT2D eigenvalue weighted by Gasteiger charge is -2.19. The van der Waals surface area contributed by atoms with E-state index in [0.29, 0.717) is 0 Å². The van der Waals surface area contributed by atoms with Gasteiger partial charge < -0.3 is 4.74 Å². The van der Waals surface area contributed by atoms with Crippen molar-refractivity contribution in [1.82, 2.24) is 5.43 Å². The summed E-state index contributed by atoms with van der Waals surface area (Å²) in [7, 11) is 1.71. The van der Waals surface area contributed by atoms with Crippen LogP contribution < -0.4 is 11.3 Å². The maximum absolute atomic E-state index is 6.12. The Balaban J connectivity index is 2.64. The Morgan fingerprint density at radius 1 is 1.38 bits per heavy atom. The first-order chi connectivity index (χ1) is 7.69. The summed E-state index contributed by atoms with van der Waals surface area (Å²) in [5.41, 5.74) is 3.84. The van der Waals surface area contributed by atoms with Gasteiger partial charge in [0.2, 0.25) is 0 Å². The fraction of sp³-hybridized carbons (Fsp3) is 0.500. The van der Waals surface area contributed by atoms with Gasteiger partial charge in [0.15, 0.2) is 0 Å². The van der Waals surface area contributed by atoms with Crippen molar-refractivity contribution in [1.29, 1.82) is 0 Å². The molecule has 0 amide bonds. The van der Waals surface area contributed by atoms with E-state index >= 15 is 0 Å². The number of hydrazine groups is 1. The van der Waals surface area contributed by atoms with Crippen LogP contribution in [0.15, 0.2) is 24.3 Å². The van der Waals surface area contributed by atoms with Gasteiger partial charge in [0.05, 0.1) is 6.10 Å². The Hall–Kier alpha value is -0.610. The molecule has 16 heavy (non-hydrogen) atoms. The van der Waals surface area contributed by atoms with E-state index in [1.165, 1.54) is 0 Å². The second-order valence-electron chi connectivity index (χ2n) is 3.86. The zero-order valence-electron chi connectivity index (χ0n) is 9.74. The van der Waals surface area contributed by atoms with Gasteiger partial charge in [-0.05, 0) is 31.4 Å². The molecular weight excluding hydrogens is 224 g/mol. The summed E-state index contributed by atoms with van der Waals surface area (Å²) in [4.78, 5) is 0. The van der Waals surface area contributed by atoms with E-state index in [1.807, 2.05) is 31.2 Å². The molecule has 0 aliphatic rings. The summed E-state index contributed by atoms with van der Waals surface area (Å²) in [5, 5.41) is 0.746. The predicted molar refractivity (Wildman–Crippen MR) is 67.2 cm³/mol. The van der Waals surface area contributed by atoms with Crippen molar-refractivity contribution in [2.45, 2.75) is 31.9 Å². The maximum Gasteiger partial charge on any atom is 0.0543 e. The summed E-state index contributed by atoms with van der Waals surface area (Å²) in [6, 6.07) is 7.82. The number of nitrogens with two attached hydrogens (primary N) is 1. The summed E-state index contributed by atoms with van der Waals surface area (Å²) in [5.74, 6) is 5.55.